The van der Waals surface area contributed by atoms with E-state index >= 15 is 0 Å². The van der Waals surface area contributed by atoms with E-state index in [0.29, 0.717) is 13.1 Å². The Labute approximate surface area is 98.1 Å². The van der Waals surface area contributed by atoms with Crippen molar-refractivity contribution in [3.05, 3.63) is 11.6 Å². The first kappa shape index (κ1) is 13.2. The van der Waals surface area contributed by atoms with Crippen LogP contribution in [0.15, 0.2) is 11.6 Å². The highest BCUT2D eigenvalue weighted by atomic mass is 16.3. The molecule has 0 spiro atoms. The summed E-state index contributed by atoms with van der Waals surface area (Å²) in [5.41, 5.74) is 0.267. The summed E-state index contributed by atoms with van der Waals surface area (Å²) in [7, 11) is 0. The number of hydrogen-bond donors (Lipinski definition) is 1. The number of amides is 1. The van der Waals surface area contributed by atoms with Gasteiger partial charge in [0.25, 0.3) is 0 Å². The first-order chi connectivity index (χ1) is 7.27. The number of likely N-dealkylation sites (tertiary alicyclic amines) is 1. The van der Waals surface area contributed by atoms with Gasteiger partial charge in [-0.15, -0.1) is 0 Å². The summed E-state index contributed by atoms with van der Waals surface area (Å²) in [4.78, 5) is 13.6. The highest BCUT2D eigenvalue weighted by Crippen LogP contribution is 2.33. The molecule has 1 rings (SSSR count). The van der Waals surface area contributed by atoms with Gasteiger partial charge in [0.15, 0.2) is 0 Å². The molecule has 0 saturated carbocycles. The summed E-state index contributed by atoms with van der Waals surface area (Å²) in [5, 5.41) is 10.5. The van der Waals surface area contributed by atoms with Gasteiger partial charge < -0.3 is 10.0 Å². The molecule has 3 heteroatoms. The van der Waals surface area contributed by atoms with E-state index in [0.717, 1.165) is 5.57 Å². The number of nitrogens with zero attached hydrogens (tertiary/aromatic N) is 1. The van der Waals surface area contributed by atoms with E-state index in [1.165, 1.54) is 0 Å². The molecule has 0 aliphatic carbocycles. The fourth-order valence-electron chi connectivity index (χ4n) is 2.27. The maximum absolute atomic E-state index is 11.9. The second-order valence-electron chi connectivity index (χ2n) is 5.49. The Morgan fingerprint density at radius 3 is 2.44 bits per heavy atom. The zero-order valence-electron chi connectivity index (χ0n) is 10.9. The van der Waals surface area contributed by atoms with E-state index in [2.05, 4.69) is 0 Å². The van der Waals surface area contributed by atoms with Crippen molar-refractivity contribution in [1.82, 2.24) is 4.90 Å². The summed E-state index contributed by atoms with van der Waals surface area (Å²) in [5.74, 6) is 0.331. The number of aliphatic hydroxyl groups is 1. The summed E-state index contributed by atoms with van der Waals surface area (Å²) in [6.07, 6.45) is 1.64. The number of allylic oxidation sites excluding steroid dienone is 1. The minimum atomic E-state index is -0.731. The molecule has 1 aliphatic rings. The van der Waals surface area contributed by atoms with E-state index in [9.17, 15) is 9.90 Å². The van der Waals surface area contributed by atoms with Crippen molar-refractivity contribution in [2.45, 2.75) is 40.2 Å². The molecule has 0 aromatic carbocycles. The Bertz CT molecular complexity index is 305. The van der Waals surface area contributed by atoms with Crippen LogP contribution in [0.1, 0.15) is 34.6 Å². The minimum Gasteiger partial charge on any atom is -0.387 e. The van der Waals surface area contributed by atoms with Crippen LogP contribution in [0.2, 0.25) is 0 Å². The number of carbonyl (C=O) groups is 1. The maximum Gasteiger partial charge on any atom is 0.246 e. The van der Waals surface area contributed by atoms with Gasteiger partial charge in [0.2, 0.25) is 5.91 Å². The van der Waals surface area contributed by atoms with Crippen LogP contribution in [0, 0.1) is 11.8 Å². The third-order valence-electron chi connectivity index (χ3n) is 3.52. The molecule has 3 nitrogen and oxygen atoms in total. The molecule has 0 aromatic heterocycles. The third kappa shape index (κ3) is 2.46. The minimum absolute atomic E-state index is 0.0171. The van der Waals surface area contributed by atoms with Crippen LogP contribution in [0.3, 0.4) is 0 Å². The fourth-order valence-corrected chi connectivity index (χ4v) is 2.27. The standard InChI is InChI=1S/C13H23NO2/c1-9(2)6-12(15)14-7-11(5)13(16,8-14)10(3)4/h6,10-11,16H,7-8H2,1-5H3/t11-,13-/m0/s1. The summed E-state index contributed by atoms with van der Waals surface area (Å²) in [6.45, 7) is 10.9. The molecular weight excluding hydrogens is 202 g/mol. The second-order valence-corrected chi connectivity index (χ2v) is 5.49. The maximum atomic E-state index is 11.9. The predicted octanol–water partition coefficient (Wildman–Crippen LogP) is 1.82. The van der Waals surface area contributed by atoms with Crippen molar-refractivity contribution in [1.29, 1.82) is 0 Å². The van der Waals surface area contributed by atoms with Crippen molar-refractivity contribution in [3.8, 4) is 0 Å². The van der Waals surface area contributed by atoms with Gasteiger partial charge in [-0.05, 0) is 19.8 Å². The van der Waals surface area contributed by atoms with Gasteiger partial charge in [0.1, 0.15) is 0 Å². The average Bonchev–Trinajstić information content (AvgIpc) is 2.43. The van der Waals surface area contributed by atoms with Crippen molar-refractivity contribution in [2.75, 3.05) is 13.1 Å². The lowest BCUT2D eigenvalue weighted by atomic mass is 9.82. The lowest BCUT2D eigenvalue weighted by molar-refractivity contribution is -0.126. The van der Waals surface area contributed by atoms with Gasteiger partial charge in [0, 0.05) is 18.5 Å². The van der Waals surface area contributed by atoms with Gasteiger partial charge in [-0.1, -0.05) is 26.3 Å². The smallest absolute Gasteiger partial charge is 0.246 e. The second kappa shape index (κ2) is 4.58. The van der Waals surface area contributed by atoms with Crippen LogP contribution in [-0.2, 0) is 4.79 Å². The Balaban J connectivity index is 2.78. The fraction of sp³-hybridized carbons (Fsp3) is 0.769. The molecule has 1 saturated heterocycles. The molecule has 0 bridgehead atoms. The SMILES string of the molecule is CC(C)=CC(=O)N1C[C@H](C)[C@@](O)(C(C)C)C1. The first-order valence-corrected chi connectivity index (χ1v) is 5.93. The average molecular weight is 225 g/mol. The van der Waals surface area contributed by atoms with Gasteiger partial charge in [-0.3, -0.25) is 4.79 Å². The molecule has 0 radical (unpaired) electrons. The monoisotopic (exact) mass is 225 g/mol. The zero-order valence-corrected chi connectivity index (χ0v) is 10.9. The number of rotatable bonds is 2. The largest absolute Gasteiger partial charge is 0.387 e. The quantitative estimate of drug-likeness (QED) is 0.728. The van der Waals surface area contributed by atoms with E-state index in [4.69, 9.17) is 0 Å². The van der Waals surface area contributed by atoms with Crippen LogP contribution < -0.4 is 0 Å². The van der Waals surface area contributed by atoms with Crippen molar-refractivity contribution in [2.24, 2.45) is 11.8 Å². The number of hydrogen-bond acceptors (Lipinski definition) is 2. The van der Waals surface area contributed by atoms with E-state index in [-0.39, 0.29) is 17.7 Å². The van der Waals surface area contributed by atoms with Gasteiger partial charge >= 0.3 is 0 Å². The number of carbonyl (C=O) groups excluding carboxylic acids is 1. The van der Waals surface area contributed by atoms with Crippen LogP contribution in [-0.4, -0.2) is 34.6 Å². The molecular formula is C13H23NO2. The Morgan fingerprint density at radius 1 is 1.50 bits per heavy atom. The number of β-amino-alcohol motifs (C(OH)–C–C–N with tert-alkyl or cyclic N) is 1. The Kier molecular flexibility index (Phi) is 3.79. The van der Waals surface area contributed by atoms with Crippen LogP contribution in [0.25, 0.3) is 0 Å². The molecule has 1 aliphatic heterocycles. The van der Waals surface area contributed by atoms with Crippen molar-refractivity contribution < 1.29 is 9.90 Å². The summed E-state index contributed by atoms with van der Waals surface area (Å²) < 4.78 is 0. The normalized spacial score (nSPS) is 29.7. The Morgan fingerprint density at radius 2 is 2.06 bits per heavy atom. The van der Waals surface area contributed by atoms with Crippen molar-refractivity contribution in [3.63, 3.8) is 0 Å². The molecule has 16 heavy (non-hydrogen) atoms. The third-order valence-corrected chi connectivity index (χ3v) is 3.52. The zero-order chi connectivity index (χ0) is 12.5. The van der Waals surface area contributed by atoms with E-state index in [1.807, 2.05) is 34.6 Å². The lowest BCUT2D eigenvalue weighted by Crippen LogP contribution is -2.43. The lowest BCUT2D eigenvalue weighted by Gasteiger charge is -2.30. The van der Waals surface area contributed by atoms with Crippen molar-refractivity contribution >= 4 is 5.91 Å². The summed E-state index contributed by atoms with van der Waals surface area (Å²) in [6, 6.07) is 0. The topological polar surface area (TPSA) is 40.5 Å². The molecule has 0 aromatic rings. The Hall–Kier alpha value is -0.830. The summed E-state index contributed by atoms with van der Waals surface area (Å²) >= 11 is 0. The molecule has 1 heterocycles. The highest BCUT2D eigenvalue weighted by molar-refractivity contribution is 5.88. The van der Waals surface area contributed by atoms with Crippen LogP contribution in [0.5, 0.6) is 0 Å². The highest BCUT2D eigenvalue weighted by Gasteiger charge is 2.45. The molecule has 2 atom stereocenters. The molecule has 0 unspecified atom stereocenters. The van der Waals surface area contributed by atoms with E-state index < -0.39 is 5.60 Å². The molecule has 92 valence electrons. The molecule has 1 N–H and O–H groups in total. The van der Waals surface area contributed by atoms with Gasteiger partial charge in [-0.2, -0.15) is 0 Å². The first-order valence-electron chi connectivity index (χ1n) is 5.93. The van der Waals surface area contributed by atoms with Crippen LogP contribution in [0.4, 0.5) is 0 Å². The van der Waals surface area contributed by atoms with Crippen LogP contribution >= 0.6 is 0 Å². The molecule has 1 amide bonds. The predicted molar refractivity (Wildman–Crippen MR) is 65.0 cm³/mol. The van der Waals surface area contributed by atoms with Gasteiger partial charge in [-0.25, -0.2) is 0 Å². The molecule has 1 fully saturated rings. The van der Waals surface area contributed by atoms with Gasteiger partial charge in [0.05, 0.1) is 12.1 Å². The van der Waals surface area contributed by atoms with E-state index in [1.54, 1.807) is 11.0 Å².